The maximum atomic E-state index is 12.4. The number of benzene rings is 1. The number of rotatable bonds is 6. The monoisotopic (exact) mass is 274 g/mol. The quantitative estimate of drug-likeness (QED) is 0.806. The van der Waals surface area contributed by atoms with Crippen LogP contribution in [0.1, 0.15) is 16.8 Å². The van der Waals surface area contributed by atoms with Crippen LogP contribution in [-0.2, 0) is 0 Å². The first-order valence-corrected chi connectivity index (χ1v) is 7.02. The summed E-state index contributed by atoms with van der Waals surface area (Å²) >= 11 is 0. The Hall–Kier alpha value is -1.81. The van der Waals surface area contributed by atoms with E-state index in [1.165, 1.54) is 0 Å². The molecule has 4 nitrogen and oxygen atoms in total. The average molecular weight is 274 g/mol. The Kier molecular flexibility index (Phi) is 5.18. The van der Waals surface area contributed by atoms with Crippen LogP contribution >= 0.6 is 0 Å². The first-order chi connectivity index (χ1) is 9.74. The summed E-state index contributed by atoms with van der Waals surface area (Å²) in [6, 6.07) is 7.31. The lowest BCUT2D eigenvalue weighted by Gasteiger charge is -2.16. The summed E-state index contributed by atoms with van der Waals surface area (Å²) in [7, 11) is 1.95. The van der Waals surface area contributed by atoms with Crippen LogP contribution in [0.15, 0.2) is 36.9 Å². The average Bonchev–Trinajstić information content (AvgIpc) is 2.94. The molecule has 1 saturated heterocycles. The van der Waals surface area contributed by atoms with Crippen molar-refractivity contribution in [3.63, 3.8) is 0 Å². The summed E-state index contributed by atoms with van der Waals surface area (Å²) in [6.07, 6.45) is 2.78. The van der Waals surface area contributed by atoms with Crippen LogP contribution in [0.3, 0.4) is 0 Å². The van der Waals surface area contributed by atoms with Crippen LogP contribution in [0.4, 0.5) is 0 Å². The van der Waals surface area contributed by atoms with E-state index in [0.717, 1.165) is 37.4 Å². The number of nitrogens with zero attached hydrogens (tertiary/aromatic N) is 1. The third kappa shape index (κ3) is 3.61. The van der Waals surface area contributed by atoms with Crippen LogP contribution in [0.5, 0.6) is 5.75 Å². The SMILES string of the molecule is C=CCOc1ccc(C(=O)N2CCC(CNC)C2)cc1. The number of carbonyl (C=O) groups is 1. The first-order valence-electron chi connectivity index (χ1n) is 7.02. The molecule has 1 unspecified atom stereocenters. The van der Waals surface area contributed by atoms with Crippen molar-refractivity contribution in [2.45, 2.75) is 6.42 Å². The van der Waals surface area contributed by atoms with Crippen LogP contribution in [-0.4, -0.2) is 44.1 Å². The van der Waals surface area contributed by atoms with Gasteiger partial charge in [0.15, 0.2) is 0 Å². The summed E-state index contributed by atoms with van der Waals surface area (Å²) in [6.45, 7) is 6.74. The van der Waals surface area contributed by atoms with Crippen molar-refractivity contribution in [3.05, 3.63) is 42.5 Å². The van der Waals surface area contributed by atoms with Crippen molar-refractivity contribution in [1.29, 1.82) is 0 Å². The van der Waals surface area contributed by atoms with E-state index >= 15 is 0 Å². The van der Waals surface area contributed by atoms with E-state index in [9.17, 15) is 4.79 Å². The molecule has 0 radical (unpaired) electrons. The minimum atomic E-state index is 0.110. The molecule has 1 heterocycles. The van der Waals surface area contributed by atoms with Crippen LogP contribution in [0, 0.1) is 5.92 Å². The minimum Gasteiger partial charge on any atom is -0.490 e. The Balaban J connectivity index is 1.94. The molecule has 1 amide bonds. The van der Waals surface area contributed by atoms with E-state index in [2.05, 4.69) is 11.9 Å². The van der Waals surface area contributed by atoms with E-state index in [1.807, 2.05) is 36.2 Å². The number of hydrogen-bond donors (Lipinski definition) is 1. The van der Waals surface area contributed by atoms with E-state index in [-0.39, 0.29) is 5.91 Å². The number of amides is 1. The van der Waals surface area contributed by atoms with Gasteiger partial charge in [0.05, 0.1) is 0 Å². The Morgan fingerprint density at radius 1 is 1.50 bits per heavy atom. The zero-order valence-electron chi connectivity index (χ0n) is 12.0. The van der Waals surface area contributed by atoms with Gasteiger partial charge in [0.2, 0.25) is 0 Å². The second-order valence-corrected chi connectivity index (χ2v) is 5.09. The van der Waals surface area contributed by atoms with Gasteiger partial charge in [-0.05, 0) is 50.2 Å². The second-order valence-electron chi connectivity index (χ2n) is 5.09. The predicted molar refractivity (Wildman–Crippen MR) is 80.1 cm³/mol. The van der Waals surface area contributed by atoms with E-state index < -0.39 is 0 Å². The fourth-order valence-corrected chi connectivity index (χ4v) is 2.50. The molecule has 0 bridgehead atoms. The highest BCUT2D eigenvalue weighted by molar-refractivity contribution is 5.94. The van der Waals surface area contributed by atoms with Crippen molar-refractivity contribution in [1.82, 2.24) is 10.2 Å². The molecule has 1 aliphatic rings. The number of nitrogens with one attached hydrogen (secondary N) is 1. The third-order valence-corrected chi connectivity index (χ3v) is 3.53. The molecule has 2 rings (SSSR count). The van der Waals surface area contributed by atoms with Crippen molar-refractivity contribution < 1.29 is 9.53 Å². The molecular weight excluding hydrogens is 252 g/mol. The van der Waals surface area contributed by atoms with Crippen molar-refractivity contribution >= 4 is 5.91 Å². The smallest absolute Gasteiger partial charge is 0.253 e. The highest BCUT2D eigenvalue weighted by Gasteiger charge is 2.26. The van der Waals surface area contributed by atoms with Crippen molar-refractivity contribution in [2.24, 2.45) is 5.92 Å². The Morgan fingerprint density at radius 2 is 2.25 bits per heavy atom. The van der Waals surface area contributed by atoms with E-state index in [1.54, 1.807) is 6.08 Å². The van der Waals surface area contributed by atoms with E-state index in [4.69, 9.17) is 4.74 Å². The predicted octanol–water partition coefficient (Wildman–Crippen LogP) is 1.93. The molecule has 0 aromatic heterocycles. The summed E-state index contributed by atoms with van der Waals surface area (Å²) in [4.78, 5) is 14.3. The van der Waals surface area contributed by atoms with Gasteiger partial charge >= 0.3 is 0 Å². The molecule has 108 valence electrons. The lowest BCUT2D eigenvalue weighted by Crippen LogP contribution is -2.30. The highest BCUT2D eigenvalue weighted by Crippen LogP contribution is 2.19. The van der Waals surface area contributed by atoms with Gasteiger partial charge in [-0.2, -0.15) is 0 Å². The number of likely N-dealkylation sites (tertiary alicyclic amines) is 1. The largest absolute Gasteiger partial charge is 0.490 e. The van der Waals surface area contributed by atoms with Crippen LogP contribution < -0.4 is 10.1 Å². The Labute approximate surface area is 120 Å². The Morgan fingerprint density at radius 3 is 2.90 bits per heavy atom. The maximum absolute atomic E-state index is 12.4. The normalized spacial score (nSPS) is 18.1. The topological polar surface area (TPSA) is 41.6 Å². The minimum absolute atomic E-state index is 0.110. The highest BCUT2D eigenvalue weighted by atomic mass is 16.5. The molecule has 1 atom stereocenters. The van der Waals surface area contributed by atoms with Gasteiger partial charge in [0, 0.05) is 18.7 Å². The zero-order chi connectivity index (χ0) is 14.4. The zero-order valence-corrected chi connectivity index (χ0v) is 12.0. The summed E-state index contributed by atoms with van der Waals surface area (Å²) in [5, 5.41) is 3.17. The van der Waals surface area contributed by atoms with Gasteiger partial charge in [-0.3, -0.25) is 4.79 Å². The van der Waals surface area contributed by atoms with E-state index in [0.29, 0.717) is 12.5 Å². The van der Waals surface area contributed by atoms with Gasteiger partial charge in [-0.25, -0.2) is 0 Å². The van der Waals surface area contributed by atoms with Crippen molar-refractivity contribution in [2.75, 3.05) is 33.3 Å². The molecule has 20 heavy (non-hydrogen) atoms. The lowest BCUT2D eigenvalue weighted by molar-refractivity contribution is 0.0787. The molecule has 0 aliphatic carbocycles. The molecule has 1 aromatic carbocycles. The summed E-state index contributed by atoms with van der Waals surface area (Å²) in [5.41, 5.74) is 0.723. The molecule has 1 N–H and O–H groups in total. The summed E-state index contributed by atoms with van der Waals surface area (Å²) < 4.78 is 5.41. The molecule has 4 heteroatoms. The second kappa shape index (κ2) is 7.10. The van der Waals surface area contributed by atoms with Crippen molar-refractivity contribution in [3.8, 4) is 5.75 Å². The van der Waals surface area contributed by atoms with Gasteiger partial charge in [-0.1, -0.05) is 12.7 Å². The molecule has 0 spiro atoms. The number of hydrogen-bond acceptors (Lipinski definition) is 3. The molecule has 0 saturated carbocycles. The fourth-order valence-electron chi connectivity index (χ4n) is 2.50. The first kappa shape index (κ1) is 14.6. The molecular formula is C16H22N2O2. The maximum Gasteiger partial charge on any atom is 0.253 e. The number of ether oxygens (including phenoxy) is 1. The third-order valence-electron chi connectivity index (χ3n) is 3.53. The number of carbonyl (C=O) groups excluding carboxylic acids is 1. The standard InChI is InChI=1S/C16H22N2O2/c1-3-10-20-15-6-4-14(5-7-15)16(19)18-9-8-13(12-18)11-17-2/h3-7,13,17H,1,8-12H2,2H3. The van der Waals surface area contributed by atoms with Gasteiger partial charge in [0.1, 0.15) is 12.4 Å². The van der Waals surface area contributed by atoms with Gasteiger partial charge in [-0.15, -0.1) is 0 Å². The van der Waals surface area contributed by atoms with Crippen LogP contribution in [0.2, 0.25) is 0 Å². The summed E-state index contributed by atoms with van der Waals surface area (Å²) in [5.74, 6) is 1.44. The van der Waals surface area contributed by atoms with Crippen LogP contribution in [0.25, 0.3) is 0 Å². The molecule has 1 aromatic rings. The van der Waals surface area contributed by atoms with Gasteiger partial charge in [0.25, 0.3) is 5.91 Å². The lowest BCUT2D eigenvalue weighted by atomic mass is 10.1. The fraction of sp³-hybridized carbons (Fsp3) is 0.438. The Bertz CT molecular complexity index is 456. The molecule has 1 aliphatic heterocycles. The molecule has 1 fully saturated rings. The van der Waals surface area contributed by atoms with Gasteiger partial charge < -0.3 is 15.0 Å².